The van der Waals surface area contributed by atoms with Crippen molar-refractivity contribution >= 4 is 33.3 Å². The fourth-order valence-corrected chi connectivity index (χ4v) is 5.20. The van der Waals surface area contributed by atoms with Gasteiger partial charge in [0.05, 0.1) is 30.9 Å². The number of hydrogen-bond acceptors (Lipinski definition) is 7. The number of methoxy groups -OCH3 is 2. The number of thiazole rings is 1. The van der Waals surface area contributed by atoms with E-state index in [0.717, 1.165) is 16.1 Å². The monoisotopic (exact) mass is 462 g/mol. The minimum Gasteiger partial charge on any atom is -0.493 e. The third-order valence-electron chi connectivity index (χ3n) is 5.98. The fourth-order valence-electron chi connectivity index (χ4n) is 4.26. The van der Waals surface area contributed by atoms with Crippen molar-refractivity contribution in [2.24, 2.45) is 0 Å². The summed E-state index contributed by atoms with van der Waals surface area (Å²) in [6, 6.07) is 9.99. The lowest BCUT2D eigenvalue weighted by atomic mass is 9.97. The summed E-state index contributed by atoms with van der Waals surface area (Å²) >= 11 is 1.40. The van der Waals surface area contributed by atoms with E-state index in [1.165, 1.54) is 23.3 Å². The number of hydrogen-bond donors (Lipinski definition) is 0. The molecule has 0 bridgehead atoms. The average molecular weight is 463 g/mol. The van der Waals surface area contributed by atoms with Crippen LogP contribution in [0.15, 0.2) is 45.6 Å². The Morgan fingerprint density at radius 1 is 1.06 bits per heavy atom. The molecule has 1 aliphatic rings. The third-order valence-corrected chi connectivity index (χ3v) is 7.05. The summed E-state index contributed by atoms with van der Waals surface area (Å²) < 4.78 is 17.2. The molecule has 0 N–H and O–H groups in total. The molecule has 0 saturated heterocycles. The van der Waals surface area contributed by atoms with Gasteiger partial charge in [0.2, 0.25) is 5.76 Å². The first-order valence-electron chi connectivity index (χ1n) is 10.4. The van der Waals surface area contributed by atoms with Crippen LogP contribution in [0.3, 0.4) is 0 Å². The molecule has 2 aromatic carbocycles. The predicted octanol–water partition coefficient (Wildman–Crippen LogP) is 4.94. The number of carbonyl (C=O) groups is 1. The minimum atomic E-state index is -0.774. The zero-order valence-corrected chi connectivity index (χ0v) is 19.7. The second-order valence-corrected chi connectivity index (χ2v) is 9.15. The van der Waals surface area contributed by atoms with Crippen molar-refractivity contribution in [3.63, 3.8) is 0 Å². The third kappa shape index (κ3) is 3.13. The van der Waals surface area contributed by atoms with Crippen LogP contribution in [0, 0.1) is 20.8 Å². The highest BCUT2D eigenvalue weighted by molar-refractivity contribution is 7.15. The van der Waals surface area contributed by atoms with Crippen LogP contribution >= 0.6 is 11.3 Å². The quantitative estimate of drug-likeness (QED) is 0.427. The molecule has 0 saturated carbocycles. The van der Waals surface area contributed by atoms with E-state index >= 15 is 0 Å². The number of amides is 1. The number of nitrogens with zero attached hydrogens (tertiary/aromatic N) is 2. The maximum Gasteiger partial charge on any atom is 0.297 e. The Bertz CT molecular complexity index is 1470. The Labute approximate surface area is 194 Å². The highest BCUT2D eigenvalue weighted by atomic mass is 32.1. The summed E-state index contributed by atoms with van der Waals surface area (Å²) in [6.45, 7) is 5.75. The lowest BCUT2D eigenvalue weighted by Gasteiger charge is -2.25. The first-order chi connectivity index (χ1) is 15.8. The van der Waals surface area contributed by atoms with Gasteiger partial charge in [-0.2, -0.15) is 0 Å². The number of benzene rings is 2. The molecule has 0 aliphatic carbocycles. The zero-order valence-electron chi connectivity index (χ0n) is 18.9. The van der Waals surface area contributed by atoms with Crippen molar-refractivity contribution < 1.29 is 18.7 Å². The molecule has 0 fully saturated rings. The maximum atomic E-state index is 13.8. The van der Waals surface area contributed by atoms with Crippen LogP contribution in [0.2, 0.25) is 0 Å². The Kier molecular flexibility index (Phi) is 4.97. The van der Waals surface area contributed by atoms with Gasteiger partial charge in [0.25, 0.3) is 5.91 Å². The van der Waals surface area contributed by atoms with E-state index < -0.39 is 11.9 Å². The summed E-state index contributed by atoms with van der Waals surface area (Å²) in [4.78, 5) is 34.6. The van der Waals surface area contributed by atoms with E-state index in [-0.39, 0.29) is 16.8 Å². The highest BCUT2D eigenvalue weighted by Gasteiger charge is 2.46. The largest absolute Gasteiger partial charge is 0.493 e. The molecule has 0 unspecified atom stereocenters. The SMILES string of the molecule is COc1cccc([C@@H]2c3c(oc4ccc(C)cc4c3=O)C(=O)N2c2nc(C)c(C)s2)c1OC. The molecule has 7 nitrogen and oxygen atoms in total. The lowest BCUT2D eigenvalue weighted by Crippen LogP contribution is -2.29. The van der Waals surface area contributed by atoms with E-state index in [1.807, 2.05) is 39.0 Å². The number of aromatic nitrogens is 1. The molecule has 3 heterocycles. The average Bonchev–Trinajstić information content (AvgIpc) is 3.29. The molecule has 8 heteroatoms. The van der Waals surface area contributed by atoms with Gasteiger partial charge in [-0.05, 0) is 39.0 Å². The molecule has 168 valence electrons. The van der Waals surface area contributed by atoms with Crippen LogP contribution in [-0.2, 0) is 0 Å². The number of carbonyl (C=O) groups excluding carboxylic acids is 1. The molecule has 1 aliphatic heterocycles. The predicted molar refractivity (Wildman–Crippen MR) is 127 cm³/mol. The highest BCUT2D eigenvalue weighted by Crippen LogP contribution is 2.47. The normalized spacial score (nSPS) is 15.2. The van der Waals surface area contributed by atoms with Crippen molar-refractivity contribution in [3.05, 3.63) is 79.6 Å². The zero-order chi connectivity index (χ0) is 23.4. The summed E-state index contributed by atoms with van der Waals surface area (Å²) in [5, 5.41) is 0.928. The van der Waals surface area contributed by atoms with Crippen LogP contribution in [0.5, 0.6) is 11.5 Å². The molecule has 4 aromatic rings. The molecule has 1 amide bonds. The van der Waals surface area contributed by atoms with Crippen molar-refractivity contribution in [3.8, 4) is 11.5 Å². The van der Waals surface area contributed by atoms with Crippen molar-refractivity contribution in [2.75, 3.05) is 19.1 Å². The number of para-hydroxylation sites is 1. The van der Waals surface area contributed by atoms with Crippen molar-refractivity contribution in [2.45, 2.75) is 26.8 Å². The molecule has 2 aromatic heterocycles. The standard InChI is InChI=1S/C25H22N2O5S/c1-12-9-10-17-16(11-12)21(28)19-20(15-7-6-8-18(30-4)22(15)31-5)27(24(29)23(19)32-17)25-26-13(2)14(3)33-25/h6-11,20H,1-5H3/t20-/m1/s1. The van der Waals surface area contributed by atoms with Crippen LogP contribution < -0.4 is 19.8 Å². The number of rotatable bonds is 4. The van der Waals surface area contributed by atoms with Crippen LogP contribution in [-0.4, -0.2) is 25.1 Å². The second-order valence-electron chi connectivity index (χ2n) is 7.97. The number of aryl methyl sites for hydroxylation is 3. The Hall–Kier alpha value is -3.65. The Balaban J connectivity index is 1.87. The second kappa shape index (κ2) is 7.74. The van der Waals surface area contributed by atoms with E-state index in [4.69, 9.17) is 13.9 Å². The number of fused-ring (bicyclic) bond motifs is 2. The first kappa shape index (κ1) is 21.2. The summed E-state index contributed by atoms with van der Waals surface area (Å²) in [6.07, 6.45) is 0. The Morgan fingerprint density at radius 2 is 1.85 bits per heavy atom. The molecule has 0 radical (unpaired) electrons. The molecule has 33 heavy (non-hydrogen) atoms. The van der Waals surface area contributed by atoms with Gasteiger partial charge in [0, 0.05) is 10.4 Å². The number of ether oxygens (including phenoxy) is 2. The lowest BCUT2D eigenvalue weighted by molar-refractivity contribution is 0.0970. The van der Waals surface area contributed by atoms with Crippen LogP contribution in [0.4, 0.5) is 5.13 Å². The molecule has 1 atom stereocenters. The van der Waals surface area contributed by atoms with Gasteiger partial charge in [-0.25, -0.2) is 4.98 Å². The van der Waals surface area contributed by atoms with Crippen LogP contribution in [0.25, 0.3) is 11.0 Å². The van der Waals surface area contributed by atoms with Gasteiger partial charge in [-0.1, -0.05) is 23.8 Å². The smallest absolute Gasteiger partial charge is 0.297 e. The van der Waals surface area contributed by atoms with Gasteiger partial charge in [0.1, 0.15) is 11.6 Å². The van der Waals surface area contributed by atoms with E-state index in [1.54, 1.807) is 25.3 Å². The van der Waals surface area contributed by atoms with Crippen molar-refractivity contribution in [1.29, 1.82) is 0 Å². The summed E-state index contributed by atoms with van der Waals surface area (Å²) in [5.74, 6) is 0.567. The number of anilines is 1. The first-order valence-corrected chi connectivity index (χ1v) is 11.2. The Morgan fingerprint density at radius 3 is 2.52 bits per heavy atom. The summed E-state index contributed by atoms with van der Waals surface area (Å²) in [7, 11) is 3.08. The molecular weight excluding hydrogens is 440 g/mol. The fraction of sp³-hybridized carbons (Fsp3) is 0.240. The van der Waals surface area contributed by atoms with Gasteiger partial charge in [-0.3, -0.25) is 14.5 Å². The molecular formula is C25H22N2O5S. The van der Waals surface area contributed by atoms with Gasteiger partial charge >= 0.3 is 0 Å². The van der Waals surface area contributed by atoms with Gasteiger partial charge < -0.3 is 13.9 Å². The molecule has 0 spiro atoms. The van der Waals surface area contributed by atoms with Crippen molar-refractivity contribution in [1.82, 2.24) is 4.98 Å². The van der Waals surface area contributed by atoms with E-state index in [0.29, 0.717) is 33.2 Å². The van der Waals surface area contributed by atoms with Gasteiger partial charge in [-0.15, -0.1) is 11.3 Å². The molecule has 5 rings (SSSR count). The van der Waals surface area contributed by atoms with Crippen LogP contribution in [0.1, 0.15) is 43.9 Å². The van der Waals surface area contributed by atoms with Gasteiger partial charge in [0.15, 0.2) is 22.1 Å². The summed E-state index contributed by atoms with van der Waals surface area (Å²) in [5.41, 5.74) is 2.78. The topological polar surface area (TPSA) is 81.9 Å². The van der Waals surface area contributed by atoms with E-state index in [2.05, 4.69) is 4.98 Å². The maximum absolute atomic E-state index is 13.8. The minimum absolute atomic E-state index is 0.0248. The van der Waals surface area contributed by atoms with E-state index in [9.17, 15) is 9.59 Å².